The number of rotatable bonds is 6. The Balaban J connectivity index is 1.19. The van der Waals surface area contributed by atoms with Gasteiger partial charge in [-0.2, -0.15) is 4.98 Å². The summed E-state index contributed by atoms with van der Waals surface area (Å²) in [5.74, 6) is -0.357. The van der Waals surface area contributed by atoms with Crippen LogP contribution in [0.15, 0.2) is 29.0 Å². The monoisotopic (exact) mass is 540 g/mol. The Hall–Kier alpha value is -3.67. The van der Waals surface area contributed by atoms with E-state index >= 15 is 0 Å². The van der Waals surface area contributed by atoms with E-state index in [2.05, 4.69) is 25.0 Å². The standard InChI is InChI=1S/C27H34F2N8O2/c1-15(2)24-33-27(39-34-24)36-7-5-18(6-8-36)35(4)25(38)17-11-31-26(32-12-17)37-13-20(23(30)14-37)19-9-16(3)21(28)10-22(19)29/h9-12,15,18,20,23H,5-8,13-14,30H2,1-4H3/t20-,23+/m1/s1. The molecular weight excluding hydrogens is 506 g/mol. The van der Waals surface area contributed by atoms with Gasteiger partial charge in [0.05, 0.1) is 5.56 Å². The molecule has 12 heteroatoms. The van der Waals surface area contributed by atoms with Gasteiger partial charge in [-0.15, -0.1) is 0 Å². The van der Waals surface area contributed by atoms with Crippen LogP contribution in [-0.2, 0) is 0 Å². The van der Waals surface area contributed by atoms with Gasteiger partial charge < -0.3 is 25.0 Å². The second-order valence-electron chi connectivity index (χ2n) is 10.8. The van der Waals surface area contributed by atoms with Crippen molar-refractivity contribution < 1.29 is 18.1 Å². The maximum atomic E-state index is 14.5. The van der Waals surface area contributed by atoms with Crippen LogP contribution >= 0.6 is 0 Å². The molecule has 4 heterocycles. The number of halogens is 2. The molecule has 0 saturated carbocycles. The summed E-state index contributed by atoms with van der Waals surface area (Å²) in [7, 11) is 1.80. The molecule has 0 spiro atoms. The Bertz CT molecular complexity index is 1320. The predicted molar refractivity (Wildman–Crippen MR) is 142 cm³/mol. The molecule has 2 fully saturated rings. The summed E-state index contributed by atoms with van der Waals surface area (Å²) in [4.78, 5) is 32.1. The first kappa shape index (κ1) is 26.9. The van der Waals surface area contributed by atoms with Gasteiger partial charge in [-0.25, -0.2) is 18.7 Å². The van der Waals surface area contributed by atoms with E-state index in [4.69, 9.17) is 10.3 Å². The van der Waals surface area contributed by atoms with Crippen LogP contribution in [-0.4, -0.2) is 76.2 Å². The van der Waals surface area contributed by atoms with E-state index in [-0.39, 0.29) is 29.8 Å². The van der Waals surface area contributed by atoms with Gasteiger partial charge in [0.25, 0.3) is 5.91 Å². The molecule has 39 heavy (non-hydrogen) atoms. The van der Waals surface area contributed by atoms with Crippen LogP contribution in [0.4, 0.5) is 20.7 Å². The van der Waals surface area contributed by atoms with Gasteiger partial charge in [-0.3, -0.25) is 4.79 Å². The molecule has 1 amide bonds. The van der Waals surface area contributed by atoms with Crippen LogP contribution in [0.2, 0.25) is 0 Å². The highest BCUT2D eigenvalue weighted by Gasteiger charge is 2.35. The summed E-state index contributed by atoms with van der Waals surface area (Å²) in [5.41, 5.74) is 7.48. The van der Waals surface area contributed by atoms with Gasteiger partial charge in [0, 0.05) is 75.6 Å². The number of aryl methyl sites for hydroxylation is 1. The molecule has 2 aromatic heterocycles. The van der Waals surface area contributed by atoms with E-state index in [1.165, 1.54) is 18.5 Å². The third-order valence-electron chi connectivity index (χ3n) is 7.76. The fourth-order valence-corrected chi connectivity index (χ4v) is 5.28. The maximum absolute atomic E-state index is 14.5. The first-order valence-electron chi connectivity index (χ1n) is 13.3. The Morgan fingerprint density at radius 2 is 1.79 bits per heavy atom. The lowest BCUT2D eigenvalue weighted by Crippen LogP contribution is -2.45. The fourth-order valence-electron chi connectivity index (χ4n) is 5.28. The number of hydrogen-bond donors (Lipinski definition) is 1. The minimum atomic E-state index is -0.603. The van der Waals surface area contributed by atoms with Crippen LogP contribution in [0.3, 0.4) is 0 Å². The molecule has 0 aliphatic carbocycles. The first-order chi connectivity index (χ1) is 18.6. The molecule has 2 atom stereocenters. The highest BCUT2D eigenvalue weighted by molar-refractivity contribution is 5.93. The molecule has 2 saturated heterocycles. The second kappa shape index (κ2) is 10.8. The minimum Gasteiger partial charge on any atom is -0.339 e. The van der Waals surface area contributed by atoms with Crippen molar-refractivity contribution in [2.24, 2.45) is 5.73 Å². The van der Waals surface area contributed by atoms with E-state index in [0.29, 0.717) is 60.7 Å². The normalized spacial score (nSPS) is 20.2. The molecule has 1 aromatic carbocycles. The van der Waals surface area contributed by atoms with Crippen LogP contribution in [0.5, 0.6) is 0 Å². The SMILES string of the molecule is Cc1cc([C@H]2CN(c3ncc(C(=O)N(C)C4CCN(c5nc(C(C)C)no5)CC4)cn3)C[C@@H]2N)c(F)cc1F. The van der Waals surface area contributed by atoms with Gasteiger partial charge in [0.2, 0.25) is 5.95 Å². The van der Waals surface area contributed by atoms with Gasteiger partial charge in [-0.1, -0.05) is 19.0 Å². The number of anilines is 2. The number of nitrogens with two attached hydrogens (primary N) is 1. The van der Waals surface area contributed by atoms with Crippen molar-refractivity contribution in [1.82, 2.24) is 25.0 Å². The van der Waals surface area contributed by atoms with Gasteiger partial charge in [0.15, 0.2) is 5.82 Å². The Labute approximate surface area is 226 Å². The van der Waals surface area contributed by atoms with Crippen molar-refractivity contribution in [2.45, 2.75) is 57.5 Å². The average molecular weight is 541 g/mol. The van der Waals surface area contributed by atoms with E-state index in [1.54, 1.807) is 18.9 Å². The van der Waals surface area contributed by atoms with E-state index in [1.807, 2.05) is 18.7 Å². The zero-order valence-electron chi connectivity index (χ0n) is 22.6. The fraction of sp³-hybridized carbons (Fsp3) is 0.519. The molecule has 3 aromatic rings. The summed E-state index contributed by atoms with van der Waals surface area (Å²) in [6.45, 7) is 7.88. The smallest absolute Gasteiger partial charge is 0.324 e. The average Bonchev–Trinajstić information content (AvgIpc) is 3.58. The van der Waals surface area contributed by atoms with E-state index < -0.39 is 11.6 Å². The number of nitrogens with zero attached hydrogens (tertiary/aromatic N) is 7. The summed E-state index contributed by atoms with van der Waals surface area (Å²) in [6, 6.07) is 2.65. The van der Waals surface area contributed by atoms with Crippen LogP contribution in [0.25, 0.3) is 0 Å². The summed E-state index contributed by atoms with van der Waals surface area (Å²) in [6.07, 6.45) is 4.58. The van der Waals surface area contributed by atoms with Crippen molar-refractivity contribution >= 4 is 17.9 Å². The zero-order valence-corrected chi connectivity index (χ0v) is 22.6. The van der Waals surface area contributed by atoms with Gasteiger partial charge in [-0.05, 0) is 37.0 Å². The zero-order chi connectivity index (χ0) is 27.8. The van der Waals surface area contributed by atoms with Crippen molar-refractivity contribution in [3.05, 3.63) is 58.7 Å². The number of carbonyl (C=O) groups is 1. The molecule has 0 unspecified atom stereocenters. The highest BCUT2D eigenvalue weighted by atomic mass is 19.1. The van der Waals surface area contributed by atoms with Crippen LogP contribution in [0, 0.1) is 18.6 Å². The van der Waals surface area contributed by atoms with Crippen molar-refractivity contribution in [1.29, 1.82) is 0 Å². The summed E-state index contributed by atoms with van der Waals surface area (Å²) in [5, 5.41) is 4.04. The Morgan fingerprint density at radius 3 is 2.44 bits per heavy atom. The molecule has 2 aliphatic heterocycles. The largest absolute Gasteiger partial charge is 0.339 e. The molecule has 0 bridgehead atoms. The van der Waals surface area contributed by atoms with E-state index in [0.717, 1.165) is 18.9 Å². The lowest BCUT2D eigenvalue weighted by molar-refractivity contribution is 0.0707. The van der Waals surface area contributed by atoms with E-state index in [9.17, 15) is 13.6 Å². The summed E-state index contributed by atoms with van der Waals surface area (Å²) < 4.78 is 33.6. The highest BCUT2D eigenvalue weighted by Crippen LogP contribution is 2.31. The number of benzene rings is 1. The lowest BCUT2D eigenvalue weighted by atomic mass is 9.93. The number of aromatic nitrogens is 4. The number of piperidine rings is 1. The predicted octanol–water partition coefficient (Wildman–Crippen LogP) is 3.24. The van der Waals surface area contributed by atoms with Crippen LogP contribution in [0.1, 0.15) is 65.8 Å². The number of amides is 1. The Kier molecular flexibility index (Phi) is 7.48. The molecule has 2 N–H and O–H groups in total. The maximum Gasteiger partial charge on any atom is 0.324 e. The molecule has 5 rings (SSSR count). The first-order valence-corrected chi connectivity index (χ1v) is 13.3. The third kappa shape index (κ3) is 5.42. The van der Waals surface area contributed by atoms with Gasteiger partial charge in [0.1, 0.15) is 11.6 Å². The minimum absolute atomic E-state index is 0.0623. The Morgan fingerprint density at radius 1 is 1.10 bits per heavy atom. The second-order valence-corrected chi connectivity index (χ2v) is 10.8. The molecule has 208 valence electrons. The topological polar surface area (TPSA) is 118 Å². The molecular formula is C27H34F2N8O2. The molecule has 2 aliphatic rings. The molecule has 0 radical (unpaired) electrons. The van der Waals surface area contributed by atoms with Crippen molar-refractivity contribution in [3.8, 4) is 0 Å². The van der Waals surface area contributed by atoms with Crippen molar-refractivity contribution in [2.75, 3.05) is 43.0 Å². The lowest BCUT2D eigenvalue weighted by Gasteiger charge is -2.35. The van der Waals surface area contributed by atoms with Crippen LogP contribution < -0.4 is 15.5 Å². The number of carbonyl (C=O) groups excluding carboxylic acids is 1. The third-order valence-corrected chi connectivity index (χ3v) is 7.76. The summed E-state index contributed by atoms with van der Waals surface area (Å²) >= 11 is 0. The van der Waals surface area contributed by atoms with Gasteiger partial charge >= 0.3 is 6.01 Å². The quantitative estimate of drug-likeness (QED) is 0.503. The number of hydrogen-bond acceptors (Lipinski definition) is 9. The van der Waals surface area contributed by atoms with Crippen molar-refractivity contribution in [3.63, 3.8) is 0 Å². The molecule has 10 nitrogen and oxygen atoms in total.